The third kappa shape index (κ3) is 3.66. The molecule has 2 heterocycles. The van der Waals surface area contributed by atoms with E-state index in [1.165, 1.54) is 39.9 Å². The molecule has 0 spiro atoms. The van der Waals surface area contributed by atoms with Crippen molar-refractivity contribution in [2.75, 3.05) is 18.4 Å². The number of amides is 1. The fourth-order valence-electron chi connectivity index (χ4n) is 2.69. The predicted molar refractivity (Wildman–Crippen MR) is 90.8 cm³/mol. The Morgan fingerprint density at radius 2 is 2.00 bits per heavy atom. The third-order valence-corrected chi connectivity index (χ3v) is 7.19. The van der Waals surface area contributed by atoms with Gasteiger partial charge in [0.05, 0.1) is 5.92 Å². The number of anilines is 1. The van der Waals surface area contributed by atoms with Crippen molar-refractivity contribution in [1.82, 2.24) is 4.31 Å². The second kappa shape index (κ2) is 7.00. The van der Waals surface area contributed by atoms with Crippen LogP contribution in [-0.2, 0) is 14.8 Å². The highest BCUT2D eigenvalue weighted by Crippen LogP contribution is 2.27. The Labute approximate surface area is 144 Å². The first-order chi connectivity index (χ1) is 11.5. The zero-order chi connectivity index (χ0) is 17.2. The summed E-state index contributed by atoms with van der Waals surface area (Å²) in [6.45, 7) is 0.577. The van der Waals surface area contributed by atoms with Gasteiger partial charge in [0.25, 0.3) is 10.0 Å². The molecule has 24 heavy (non-hydrogen) atoms. The van der Waals surface area contributed by atoms with Gasteiger partial charge in [0, 0.05) is 18.8 Å². The van der Waals surface area contributed by atoms with Gasteiger partial charge in [-0.05, 0) is 48.6 Å². The van der Waals surface area contributed by atoms with E-state index in [1.54, 1.807) is 17.5 Å². The molecule has 3 rings (SSSR count). The average Bonchev–Trinajstić information content (AvgIpc) is 3.12. The van der Waals surface area contributed by atoms with Crippen molar-refractivity contribution in [2.45, 2.75) is 17.1 Å². The standard InChI is InChI=1S/C16H17FN2O3S2/c17-13-5-7-14(8-6-13)18-16(20)12-3-1-9-19(11-12)24(21,22)15-4-2-10-23-15/h2,4-8,10,12H,1,3,9,11H2,(H,18,20)/t12-/m1/s1. The molecule has 1 fully saturated rings. The van der Waals surface area contributed by atoms with Gasteiger partial charge in [-0.25, -0.2) is 12.8 Å². The summed E-state index contributed by atoms with van der Waals surface area (Å²) < 4.78 is 39.7. The van der Waals surface area contributed by atoms with Crippen molar-refractivity contribution >= 4 is 33.0 Å². The fraction of sp³-hybridized carbons (Fsp3) is 0.312. The number of sulfonamides is 1. The highest BCUT2D eigenvalue weighted by Gasteiger charge is 2.33. The van der Waals surface area contributed by atoms with Crippen LogP contribution in [0.5, 0.6) is 0 Å². The van der Waals surface area contributed by atoms with Crippen LogP contribution < -0.4 is 5.32 Å². The summed E-state index contributed by atoms with van der Waals surface area (Å²) >= 11 is 1.17. The number of carbonyl (C=O) groups excluding carboxylic acids is 1. The van der Waals surface area contributed by atoms with Crippen molar-refractivity contribution in [3.8, 4) is 0 Å². The average molecular weight is 368 g/mol. The number of benzene rings is 1. The molecular formula is C16H17FN2O3S2. The van der Waals surface area contributed by atoms with Crippen molar-refractivity contribution in [3.05, 3.63) is 47.6 Å². The molecule has 1 saturated heterocycles. The van der Waals surface area contributed by atoms with Crippen LogP contribution in [0.25, 0.3) is 0 Å². The highest BCUT2D eigenvalue weighted by atomic mass is 32.2. The van der Waals surface area contributed by atoms with Crippen molar-refractivity contribution < 1.29 is 17.6 Å². The van der Waals surface area contributed by atoms with Gasteiger partial charge in [0.15, 0.2) is 0 Å². The van der Waals surface area contributed by atoms with Gasteiger partial charge in [0.1, 0.15) is 10.0 Å². The lowest BCUT2D eigenvalue weighted by Crippen LogP contribution is -2.43. The number of rotatable bonds is 4. The Balaban J connectivity index is 1.69. The predicted octanol–water partition coefficient (Wildman–Crippen LogP) is 2.93. The summed E-state index contributed by atoms with van der Waals surface area (Å²) in [5, 5.41) is 4.44. The van der Waals surface area contributed by atoms with Crippen LogP contribution in [-0.4, -0.2) is 31.7 Å². The van der Waals surface area contributed by atoms with E-state index in [-0.39, 0.29) is 18.3 Å². The van der Waals surface area contributed by atoms with E-state index in [0.717, 1.165) is 0 Å². The Morgan fingerprint density at radius 1 is 1.25 bits per heavy atom. The molecule has 1 aliphatic heterocycles. The van der Waals surface area contributed by atoms with Crippen molar-refractivity contribution in [3.63, 3.8) is 0 Å². The fourth-order valence-corrected chi connectivity index (χ4v) is 5.36. The maximum absolute atomic E-state index is 12.9. The van der Waals surface area contributed by atoms with Crippen LogP contribution in [0.2, 0.25) is 0 Å². The van der Waals surface area contributed by atoms with E-state index in [4.69, 9.17) is 0 Å². The molecule has 0 bridgehead atoms. The zero-order valence-corrected chi connectivity index (χ0v) is 14.4. The molecule has 1 atom stereocenters. The van der Waals surface area contributed by atoms with Crippen molar-refractivity contribution in [1.29, 1.82) is 0 Å². The molecule has 0 radical (unpaired) electrons. The van der Waals surface area contributed by atoms with E-state index >= 15 is 0 Å². The van der Waals surface area contributed by atoms with Gasteiger partial charge in [-0.2, -0.15) is 4.31 Å². The Hall–Kier alpha value is -1.77. The van der Waals surface area contributed by atoms with Crippen LogP contribution in [0, 0.1) is 11.7 Å². The van der Waals surface area contributed by atoms with Crippen molar-refractivity contribution in [2.24, 2.45) is 5.92 Å². The molecule has 0 aliphatic carbocycles. The minimum atomic E-state index is -3.54. The number of hydrogen-bond acceptors (Lipinski definition) is 4. The summed E-state index contributed by atoms with van der Waals surface area (Å²) in [6, 6.07) is 8.77. The van der Waals surface area contributed by atoms with Crippen LogP contribution in [0.1, 0.15) is 12.8 Å². The molecule has 0 saturated carbocycles. The van der Waals surface area contributed by atoms with Gasteiger partial charge in [-0.3, -0.25) is 4.79 Å². The SMILES string of the molecule is O=C(Nc1ccc(F)cc1)[C@@H]1CCCN(S(=O)(=O)c2cccs2)C1. The van der Waals surface area contributed by atoms with Gasteiger partial charge >= 0.3 is 0 Å². The van der Waals surface area contributed by atoms with Crippen LogP contribution in [0.15, 0.2) is 46.0 Å². The lowest BCUT2D eigenvalue weighted by molar-refractivity contribution is -0.120. The maximum atomic E-state index is 12.9. The Morgan fingerprint density at radius 3 is 2.67 bits per heavy atom. The smallest absolute Gasteiger partial charge is 0.252 e. The number of thiophene rings is 1. The quantitative estimate of drug-likeness (QED) is 0.902. The Kier molecular flexibility index (Phi) is 4.98. The molecule has 1 amide bonds. The lowest BCUT2D eigenvalue weighted by atomic mass is 9.99. The summed E-state index contributed by atoms with van der Waals surface area (Å²) in [6.07, 6.45) is 1.26. The maximum Gasteiger partial charge on any atom is 0.252 e. The minimum absolute atomic E-state index is 0.160. The summed E-state index contributed by atoms with van der Waals surface area (Å²) in [4.78, 5) is 12.4. The molecule has 0 unspecified atom stereocenters. The number of halogens is 1. The first kappa shape index (κ1) is 17.1. The van der Waals surface area contributed by atoms with Gasteiger partial charge in [0.2, 0.25) is 5.91 Å². The molecule has 1 aromatic carbocycles. The summed E-state index contributed by atoms with van der Waals surface area (Å²) in [5.74, 6) is -1.04. The molecule has 8 heteroatoms. The lowest BCUT2D eigenvalue weighted by Gasteiger charge is -2.30. The molecule has 1 N–H and O–H groups in total. The number of piperidine rings is 1. The largest absolute Gasteiger partial charge is 0.326 e. The molecule has 2 aromatic rings. The van der Waals surface area contributed by atoms with E-state index in [9.17, 15) is 17.6 Å². The van der Waals surface area contributed by atoms with E-state index < -0.39 is 15.9 Å². The molecule has 128 valence electrons. The molecule has 5 nitrogen and oxygen atoms in total. The van der Waals surface area contributed by atoms with Crippen LogP contribution in [0.3, 0.4) is 0 Å². The monoisotopic (exact) mass is 368 g/mol. The zero-order valence-electron chi connectivity index (χ0n) is 12.8. The normalized spacial score (nSPS) is 19.1. The number of nitrogens with zero attached hydrogens (tertiary/aromatic N) is 1. The van der Waals surface area contributed by atoms with Crippen LogP contribution in [0.4, 0.5) is 10.1 Å². The summed E-state index contributed by atoms with van der Waals surface area (Å²) in [7, 11) is -3.54. The third-order valence-electron chi connectivity index (χ3n) is 3.96. The second-order valence-electron chi connectivity index (χ2n) is 5.63. The number of hydrogen-bond donors (Lipinski definition) is 1. The minimum Gasteiger partial charge on any atom is -0.326 e. The summed E-state index contributed by atoms with van der Waals surface area (Å²) in [5.41, 5.74) is 0.500. The highest BCUT2D eigenvalue weighted by molar-refractivity contribution is 7.91. The molecule has 1 aromatic heterocycles. The van der Waals surface area contributed by atoms with Gasteiger partial charge in [-0.1, -0.05) is 6.07 Å². The first-order valence-electron chi connectivity index (χ1n) is 7.57. The van der Waals surface area contributed by atoms with Gasteiger partial charge < -0.3 is 5.32 Å². The van der Waals surface area contributed by atoms with Gasteiger partial charge in [-0.15, -0.1) is 11.3 Å². The Bertz CT molecular complexity index is 804. The van der Waals surface area contributed by atoms with E-state index in [1.807, 2.05) is 0 Å². The topological polar surface area (TPSA) is 66.5 Å². The number of nitrogens with one attached hydrogen (secondary N) is 1. The first-order valence-corrected chi connectivity index (χ1v) is 9.89. The second-order valence-corrected chi connectivity index (χ2v) is 8.74. The van der Waals surface area contributed by atoms with E-state index in [0.29, 0.717) is 29.3 Å². The van der Waals surface area contributed by atoms with E-state index in [2.05, 4.69) is 5.32 Å². The van der Waals surface area contributed by atoms with Crippen LogP contribution >= 0.6 is 11.3 Å². The molecular weight excluding hydrogens is 351 g/mol. The molecule has 1 aliphatic rings. The number of carbonyl (C=O) groups is 1.